The van der Waals surface area contributed by atoms with Crippen molar-refractivity contribution in [3.05, 3.63) is 68.0 Å². The first kappa shape index (κ1) is 20.7. The third-order valence-corrected chi connectivity index (χ3v) is 5.41. The van der Waals surface area contributed by atoms with E-state index in [4.69, 9.17) is 5.11 Å². The molecule has 0 atom stereocenters. The minimum Gasteiger partial charge on any atom is -0.396 e. The highest BCUT2D eigenvalue weighted by atomic mass is 32.1. The minimum atomic E-state index is -4.83. The van der Waals surface area contributed by atoms with Gasteiger partial charge in [-0.2, -0.15) is 18.2 Å². The predicted octanol–water partition coefficient (Wildman–Crippen LogP) is 3.89. The highest BCUT2D eigenvalue weighted by molar-refractivity contribution is 7.22. The number of alkyl halides is 3. The quantitative estimate of drug-likeness (QED) is 0.492. The third kappa shape index (κ3) is 4.20. The number of aromatic nitrogens is 1. The standard InChI is InChI=1S/C18H14F3N3O4S/c1-23(12-4-2-10(3-5-12)6-7-25)17-22-16(26)13-8-11(18(19,20)21)9-14(24(27)28)15(13)29-17/h2-5,8-9,25H,6-7H2,1H3. The van der Waals surface area contributed by atoms with Crippen LogP contribution >= 0.6 is 11.3 Å². The SMILES string of the molecule is CN(c1ccc(CCO)cc1)c1nc(=O)c2cc(C(F)(F)F)cc([N+](=O)[O-])c2s1. The van der Waals surface area contributed by atoms with E-state index in [-0.39, 0.29) is 16.4 Å². The zero-order chi connectivity index (χ0) is 21.3. The van der Waals surface area contributed by atoms with E-state index in [1.807, 2.05) is 0 Å². The molecule has 0 saturated heterocycles. The molecule has 7 nitrogen and oxygen atoms in total. The van der Waals surface area contributed by atoms with Crippen LogP contribution in [0.1, 0.15) is 11.1 Å². The van der Waals surface area contributed by atoms with Gasteiger partial charge in [0.25, 0.3) is 11.2 Å². The number of fused-ring (bicyclic) bond motifs is 1. The fraction of sp³-hybridized carbons (Fsp3) is 0.222. The van der Waals surface area contributed by atoms with E-state index in [0.29, 0.717) is 24.2 Å². The number of aliphatic hydroxyl groups is 1. The monoisotopic (exact) mass is 425 g/mol. The summed E-state index contributed by atoms with van der Waals surface area (Å²) >= 11 is 0.759. The van der Waals surface area contributed by atoms with Crippen LogP contribution < -0.4 is 10.5 Å². The molecular formula is C18H14F3N3O4S. The molecule has 1 heterocycles. The van der Waals surface area contributed by atoms with Gasteiger partial charge < -0.3 is 10.0 Å². The lowest BCUT2D eigenvalue weighted by Gasteiger charge is -2.18. The van der Waals surface area contributed by atoms with Gasteiger partial charge >= 0.3 is 6.18 Å². The Morgan fingerprint density at radius 1 is 1.24 bits per heavy atom. The summed E-state index contributed by atoms with van der Waals surface area (Å²) in [5.41, 5.74) is -1.55. The Morgan fingerprint density at radius 3 is 2.45 bits per heavy atom. The molecule has 0 saturated carbocycles. The normalized spacial score (nSPS) is 11.6. The Kier molecular flexibility index (Phi) is 5.53. The average molecular weight is 425 g/mol. The first-order valence-corrected chi connectivity index (χ1v) is 9.07. The first-order chi connectivity index (χ1) is 13.6. The average Bonchev–Trinajstić information content (AvgIpc) is 2.66. The lowest BCUT2D eigenvalue weighted by molar-refractivity contribution is -0.383. The number of rotatable bonds is 5. The van der Waals surface area contributed by atoms with Crippen LogP contribution in [0.4, 0.5) is 29.7 Å². The Morgan fingerprint density at radius 2 is 1.90 bits per heavy atom. The summed E-state index contributed by atoms with van der Waals surface area (Å²) in [4.78, 5) is 28.1. The van der Waals surface area contributed by atoms with Gasteiger partial charge in [0.15, 0.2) is 5.13 Å². The summed E-state index contributed by atoms with van der Waals surface area (Å²) < 4.78 is 38.9. The molecule has 1 N–H and O–H groups in total. The van der Waals surface area contributed by atoms with Crippen molar-refractivity contribution < 1.29 is 23.2 Å². The highest BCUT2D eigenvalue weighted by Crippen LogP contribution is 2.39. The molecule has 0 spiro atoms. The molecule has 0 radical (unpaired) electrons. The maximum absolute atomic E-state index is 13.0. The Hall–Kier alpha value is -3.05. The van der Waals surface area contributed by atoms with Crippen LogP contribution in [0.5, 0.6) is 0 Å². The number of hydrogen-bond acceptors (Lipinski definition) is 7. The molecule has 0 bridgehead atoms. The van der Waals surface area contributed by atoms with E-state index in [0.717, 1.165) is 16.9 Å². The molecule has 29 heavy (non-hydrogen) atoms. The van der Waals surface area contributed by atoms with Crippen molar-refractivity contribution in [2.24, 2.45) is 0 Å². The summed E-state index contributed by atoms with van der Waals surface area (Å²) in [5, 5.41) is 20.0. The van der Waals surface area contributed by atoms with Crippen molar-refractivity contribution in [2.75, 3.05) is 18.6 Å². The van der Waals surface area contributed by atoms with Crippen molar-refractivity contribution in [3.63, 3.8) is 0 Å². The van der Waals surface area contributed by atoms with E-state index < -0.39 is 33.3 Å². The van der Waals surface area contributed by atoms with Gasteiger partial charge in [-0.15, -0.1) is 0 Å². The number of nitrogens with zero attached hydrogens (tertiary/aromatic N) is 3. The topological polar surface area (TPSA) is 96.6 Å². The van der Waals surface area contributed by atoms with Crippen LogP contribution in [0.3, 0.4) is 0 Å². The first-order valence-electron chi connectivity index (χ1n) is 8.26. The molecule has 0 fully saturated rings. The Balaban J connectivity index is 2.14. The molecule has 0 aliphatic heterocycles. The second kappa shape index (κ2) is 7.76. The van der Waals surface area contributed by atoms with Crippen LogP contribution in [-0.4, -0.2) is 28.7 Å². The maximum Gasteiger partial charge on any atom is 0.416 e. The second-order valence-corrected chi connectivity index (χ2v) is 7.11. The van der Waals surface area contributed by atoms with Gasteiger partial charge in [-0.05, 0) is 30.2 Å². The number of benzene rings is 2. The van der Waals surface area contributed by atoms with E-state index in [9.17, 15) is 28.1 Å². The second-order valence-electron chi connectivity index (χ2n) is 6.13. The number of nitro benzene ring substituents is 1. The Labute approximate surface area is 165 Å². The van der Waals surface area contributed by atoms with Crippen molar-refractivity contribution in [1.29, 1.82) is 0 Å². The van der Waals surface area contributed by atoms with Gasteiger partial charge in [0.05, 0.1) is 15.9 Å². The molecule has 2 aromatic carbocycles. The maximum atomic E-state index is 13.0. The van der Waals surface area contributed by atoms with Crippen LogP contribution in [0.15, 0.2) is 41.2 Å². The van der Waals surface area contributed by atoms with Gasteiger partial charge in [-0.1, -0.05) is 23.5 Å². The zero-order valence-corrected chi connectivity index (χ0v) is 15.8. The van der Waals surface area contributed by atoms with Crippen molar-refractivity contribution in [2.45, 2.75) is 12.6 Å². The van der Waals surface area contributed by atoms with Crippen LogP contribution in [0.25, 0.3) is 10.1 Å². The van der Waals surface area contributed by atoms with Gasteiger partial charge in [-0.25, -0.2) is 0 Å². The molecular weight excluding hydrogens is 411 g/mol. The highest BCUT2D eigenvalue weighted by Gasteiger charge is 2.34. The fourth-order valence-electron chi connectivity index (χ4n) is 2.71. The number of aliphatic hydroxyl groups excluding tert-OH is 1. The smallest absolute Gasteiger partial charge is 0.396 e. The van der Waals surface area contributed by atoms with Crippen molar-refractivity contribution >= 4 is 37.9 Å². The van der Waals surface area contributed by atoms with E-state index in [2.05, 4.69) is 4.98 Å². The lowest BCUT2D eigenvalue weighted by atomic mass is 10.1. The van der Waals surface area contributed by atoms with E-state index in [1.54, 1.807) is 31.3 Å². The van der Waals surface area contributed by atoms with Gasteiger partial charge in [0.2, 0.25) is 0 Å². The summed E-state index contributed by atoms with van der Waals surface area (Å²) in [6.45, 7) is -0.00733. The van der Waals surface area contributed by atoms with E-state index in [1.165, 1.54) is 4.90 Å². The summed E-state index contributed by atoms with van der Waals surface area (Å²) in [5.74, 6) is 0. The number of anilines is 2. The largest absolute Gasteiger partial charge is 0.416 e. The fourth-order valence-corrected chi connectivity index (χ4v) is 3.76. The molecule has 0 unspecified atom stereocenters. The number of non-ortho nitro benzene ring substituents is 1. The molecule has 3 rings (SSSR count). The number of halogens is 3. The van der Waals surface area contributed by atoms with Crippen molar-refractivity contribution in [3.8, 4) is 0 Å². The van der Waals surface area contributed by atoms with Gasteiger partial charge in [-0.3, -0.25) is 14.9 Å². The van der Waals surface area contributed by atoms with Crippen LogP contribution in [0.2, 0.25) is 0 Å². The molecule has 11 heteroatoms. The molecule has 3 aromatic rings. The summed E-state index contributed by atoms with van der Waals surface area (Å²) in [6.07, 6.45) is -4.36. The third-order valence-electron chi connectivity index (χ3n) is 4.23. The number of nitro groups is 1. The van der Waals surface area contributed by atoms with Gasteiger partial charge in [0, 0.05) is 25.4 Å². The molecule has 0 amide bonds. The predicted molar refractivity (Wildman–Crippen MR) is 103 cm³/mol. The van der Waals surface area contributed by atoms with E-state index >= 15 is 0 Å². The van der Waals surface area contributed by atoms with Crippen LogP contribution in [-0.2, 0) is 12.6 Å². The molecule has 0 aliphatic carbocycles. The van der Waals surface area contributed by atoms with Crippen LogP contribution in [0, 0.1) is 10.1 Å². The summed E-state index contributed by atoms with van der Waals surface area (Å²) in [6, 6.07) is 7.98. The molecule has 1 aromatic heterocycles. The minimum absolute atomic E-state index is 0.00733. The summed E-state index contributed by atoms with van der Waals surface area (Å²) in [7, 11) is 1.58. The number of hydrogen-bond donors (Lipinski definition) is 1. The van der Waals surface area contributed by atoms with Crippen molar-refractivity contribution in [1.82, 2.24) is 4.98 Å². The Bertz CT molecular complexity index is 1130. The molecule has 152 valence electrons. The molecule has 0 aliphatic rings. The lowest BCUT2D eigenvalue weighted by Crippen LogP contribution is -2.16. The zero-order valence-electron chi connectivity index (χ0n) is 14.9. The van der Waals surface area contributed by atoms with Gasteiger partial charge in [0.1, 0.15) is 4.70 Å².